The third kappa shape index (κ3) is 4.19. The van der Waals surface area contributed by atoms with Crippen LogP contribution in [-0.2, 0) is 24.1 Å². The Bertz CT molecular complexity index is 1580. The monoisotopic (exact) mass is 513 g/mol. The molecule has 37 heavy (non-hydrogen) atoms. The van der Waals surface area contributed by atoms with E-state index in [-0.39, 0.29) is 30.6 Å². The number of carbonyl (C=O) groups is 2. The number of amides is 2. The molecule has 0 saturated heterocycles. The third-order valence-electron chi connectivity index (χ3n) is 7.20. The Balaban J connectivity index is 1.26. The summed E-state index contributed by atoms with van der Waals surface area (Å²) in [5.74, 6) is -0.810. The molecular formula is C28H24FN5O2S. The van der Waals surface area contributed by atoms with Crippen molar-refractivity contribution in [2.75, 3.05) is 13.6 Å². The van der Waals surface area contributed by atoms with Gasteiger partial charge in [-0.1, -0.05) is 18.2 Å². The maximum absolute atomic E-state index is 14.7. The minimum absolute atomic E-state index is 0.265. The molecule has 186 valence electrons. The molecule has 2 amide bonds. The largest absolute Gasteiger partial charge is 0.357 e. The van der Waals surface area contributed by atoms with E-state index in [4.69, 9.17) is 0 Å². The first-order valence-electron chi connectivity index (χ1n) is 12.2. The highest BCUT2D eigenvalue weighted by molar-refractivity contribution is 7.09. The van der Waals surface area contributed by atoms with Gasteiger partial charge in [-0.3, -0.25) is 19.6 Å². The molecule has 2 aromatic carbocycles. The van der Waals surface area contributed by atoms with Gasteiger partial charge in [0.1, 0.15) is 17.6 Å². The van der Waals surface area contributed by atoms with E-state index in [2.05, 4.69) is 20.3 Å². The van der Waals surface area contributed by atoms with E-state index in [9.17, 15) is 14.0 Å². The van der Waals surface area contributed by atoms with Gasteiger partial charge in [-0.15, -0.1) is 11.3 Å². The van der Waals surface area contributed by atoms with Gasteiger partial charge < -0.3 is 10.2 Å². The zero-order valence-electron chi connectivity index (χ0n) is 20.2. The van der Waals surface area contributed by atoms with Gasteiger partial charge in [0.2, 0.25) is 5.91 Å². The lowest BCUT2D eigenvalue weighted by atomic mass is 9.92. The fourth-order valence-electron chi connectivity index (χ4n) is 5.38. The highest BCUT2D eigenvalue weighted by Crippen LogP contribution is 2.42. The first-order chi connectivity index (χ1) is 18.0. The van der Waals surface area contributed by atoms with E-state index in [0.717, 1.165) is 44.6 Å². The second-order valence-electron chi connectivity index (χ2n) is 9.30. The van der Waals surface area contributed by atoms with E-state index in [1.807, 2.05) is 24.3 Å². The summed E-state index contributed by atoms with van der Waals surface area (Å²) >= 11 is 1.44. The maximum Gasteiger partial charge on any atom is 0.274 e. The minimum Gasteiger partial charge on any atom is -0.357 e. The Kier molecular flexibility index (Phi) is 6.00. The Morgan fingerprint density at radius 2 is 1.95 bits per heavy atom. The highest BCUT2D eigenvalue weighted by atomic mass is 32.1. The van der Waals surface area contributed by atoms with Crippen molar-refractivity contribution in [2.24, 2.45) is 0 Å². The number of aryl methyl sites for hydroxylation is 2. The number of hydrogen-bond donors (Lipinski definition) is 1. The number of rotatable bonds is 5. The number of carbonyl (C=O) groups excluding carboxylic acids is 2. The molecule has 3 heterocycles. The van der Waals surface area contributed by atoms with Crippen molar-refractivity contribution in [1.82, 2.24) is 25.2 Å². The lowest BCUT2D eigenvalue weighted by molar-refractivity contribution is -0.125. The third-order valence-corrected chi connectivity index (χ3v) is 8.09. The predicted molar refractivity (Wildman–Crippen MR) is 140 cm³/mol. The molecule has 0 radical (unpaired) electrons. The number of likely N-dealkylation sites (N-methyl/N-ethyl adjacent to an activating group) is 1. The van der Waals surface area contributed by atoms with E-state index in [1.54, 1.807) is 35.9 Å². The molecule has 1 aliphatic heterocycles. The maximum atomic E-state index is 14.7. The van der Waals surface area contributed by atoms with Crippen LogP contribution in [0.2, 0.25) is 0 Å². The van der Waals surface area contributed by atoms with Gasteiger partial charge in [-0.05, 0) is 59.7 Å². The summed E-state index contributed by atoms with van der Waals surface area (Å²) in [6, 6.07) is 10.3. The van der Waals surface area contributed by atoms with Gasteiger partial charge in [-0.2, -0.15) is 0 Å². The predicted octanol–water partition coefficient (Wildman–Crippen LogP) is 3.98. The van der Waals surface area contributed by atoms with Crippen LogP contribution >= 0.6 is 11.3 Å². The molecule has 9 heteroatoms. The number of thiazole rings is 1. The molecule has 2 aliphatic rings. The van der Waals surface area contributed by atoms with Crippen LogP contribution in [0.3, 0.4) is 0 Å². The molecule has 7 nitrogen and oxygen atoms in total. The number of nitrogens with one attached hydrogen (secondary N) is 1. The molecular weight excluding hydrogens is 489 g/mol. The second kappa shape index (κ2) is 9.48. The van der Waals surface area contributed by atoms with Gasteiger partial charge in [0.05, 0.1) is 16.5 Å². The summed E-state index contributed by atoms with van der Waals surface area (Å²) in [6.07, 6.45) is 5.57. The molecule has 6 rings (SSSR count). The van der Waals surface area contributed by atoms with Crippen molar-refractivity contribution in [1.29, 1.82) is 0 Å². The quantitative estimate of drug-likeness (QED) is 0.436. The van der Waals surface area contributed by atoms with E-state index in [1.165, 1.54) is 17.4 Å². The average Bonchev–Trinajstić information content (AvgIpc) is 3.55. The van der Waals surface area contributed by atoms with Gasteiger partial charge in [0.15, 0.2) is 0 Å². The van der Waals surface area contributed by atoms with Crippen molar-refractivity contribution < 1.29 is 14.0 Å². The van der Waals surface area contributed by atoms with Crippen molar-refractivity contribution in [3.8, 4) is 0 Å². The zero-order valence-corrected chi connectivity index (χ0v) is 21.0. The number of hydrogen-bond acceptors (Lipinski definition) is 6. The first kappa shape index (κ1) is 23.4. The lowest BCUT2D eigenvalue weighted by Crippen LogP contribution is -2.51. The van der Waals surface area contributed by atoms with Crippen LogP contribution in [0.1, 0.15) is 38.5 Å². The summed E-state index contributed by atoms with van der Waals surface area (Å²) < 4.78 is 14.7. The van der Waals surface area contributed by atoms with E-state index < -0.39 is 6.04 Å². The summed E-state index contributed by atoms with van der Waals surface area (Å²) in [5.41, 5.74) is 8.17. The number of fused-ring (bicyclic) bond motifs is 3. The van der Waals surface area contributed by atoms with Crippen LogP contribution in [0.25, 0.3) is 16.6 Å². The molecule has 0 fully saturated rings. The Hall–Kier alpha value is -3.98. The smallest absolute Gasteiger partial charge is 0.274 e. The van der Waals surface area contributed by atoms with Crippen LogP contribution in [0, 0.1) is 5.82 Å². The van der Waals surface area contributed by atoms with Crippen LogP contribution in [0.15, 0.2) is 59.9 Å². The molecule has 0 saturated carbocycles. The Morgan fingerprint density at radius 1 is 1.11 bits per heavy atom. The first-order valence-corrected chi connectivity index (χ1v) is 13.0. The Labute approximate surface area is 217 Å². The van der Waals surface area contributed by atoms with Crippen LogP contribution in [0.4, 0.5) is 4.39 Å². The summed E-state index contributed by atoms with van der Waals surface area (Å²) in [6.45, 7) is 0.278. The fourth-order valence-corrected chi connectivity index (χ4v) is 6.14. The topological polar surface area (TPSA) is 88.1 Å². The molecule has 0 unspecified atom stereocenters. The molecule has 1 aliphatic carbocycles. The molecule has 0 spiro atoms. The van der Waals surface area contributed by atoms with Gasteiger partial charge in [0.25, 0.3) is 5.91 Å². The summed E-state index contributed by atoms with van der Waals surface area (Å²) in [7, 11) is 1.56. The minimum atomic E-state index is -0.726. The van der Waals surface area contributed by atoms with Gasteiger partial charge in [0, 0.05) is 42.8 Å². The van der Waals surface area contributed by atoms with Crippen molar-refractivity contribution >= 4 is 39.8 Å². The molecule has 1 atom stereocenters. The number of aromatic nitrogens is 3. The lowest BCUT2D eigenvalue weighted by Gasteiger charge is -2.35. The number of benzene rings is 2. The SMILES string of the molecule is CNC(=O)[C@H]1CC2=C(Cc3cccc(F)c32)CN1C(=O)c1ncsc1CCc1ccc2nccnc2c1. The Morgan fingerprint density at radius 3 is 2.78 bits per heavy atom. The van der Waals surface area contributed by atoms with Crippen molar-refractivity contribution in [3.63, 3.8) is 0 Å². The summed E-state index contributed by atoms with van der Waals surface area (Å²) in [5, 5.41) is 2.68. The number of halogens is 1. The molecule has 4 aromatic rings. The van der Waals surface area contributed by atoms with E-state index in [0.29, 0.717) is 24.1 Å². The molecule has 2 aromatic heterocycles. The zero-order chi connectivity index (χ0) is 25.5. The summed E-state index contributed by atoms with van der Waals surface area (Å²) in [4.78, 5) is 42.3. The standard InChI is InChI=1S/C28H24FN5O2S/c1-30-27(35)23-13-19-18(12-17-3-2-4-20(29)25(17)19)14-34(23)28(36)26-24(37-15-33-26)8-6-16-5-7-21-22(11-16)32-10-9-31-21/h2-5,7,9-11,15,23H,6,8,12-14H2,1H3,(H,30,35)/t23-/m1/s1. The molecule has 1 N–H and O–H groups in total. The fraction of sp³-hybridized carbons (Fsp3) is 0.250. The average molecular weight is 514 g/mol. The van der Waals surface area contributed by atoms with Crippen LogP contribution < -0.4 is 5.32 Å². The van der Waals surface area contributed by atoms with Gasteiger partial charge >= 0.3 is 0 Å². The van der Waals surface area contributed by atoms with E-state index >= 15 is 0 Å². The van der Waals surface area contributed by atoms with Crippen LogP contribution in [0.5, 0.6) is 0 Å². The number of nitrogens with zero attached hydrogens (tertiary/aromatic N) is 4. The van der Waals surface area contributed by atoms with Crippen molar-refractivity contribution in [2.45, 2.75) is 31.7 Å². The van der Waals surface area contributed by atoms with Crippen molar-refractivity contribution in [3.05, 3.63) is 93.0 Å². The van der Waals surface area contributed by atoms with Crippen LogP contribution in [-0.4, -0.2) is 51.3 Å². The highest BCUT2D eigenvalue weighted by Gasteiger charge is 2.40. The van der Waals surface area contributed by atoms with Gasteiger partial charge in [-0.25, -0.2) is 9.37 Å². The molecule has 0 bridgehead atoms. The second-order valence-corrected chi connectivity index (χ2v) is 10.2. The normalized spacial score (nSPS) is 16.6.